The molecule has 8 heteroatoms. The van der Waals surface area contributed by atoms with Crippen LogP contribution in [0.1, 0.15) is 33.6 Å². The van der Waals surface area contributed by atoms with Crippen LogP contribution in [0.2, 0.25) is 6.32 Å². The van der Waals surface area contributed by atoms with Gasteiger partial charge in [-0.05, 0) is 27.2 Å². The summed E-state index contributed by atoms with van der Waals surface area (Å²) >= 11 is 0. The summed E-state index contributed by atoms with van der Waals surface area (Å²) in [5.41, 5.74) is -0.606. The Hall–Kier alpha value is 0.761. The molecule has 0 bridgehead atoms. The second-order valence-corrected chi connectivity index (χ2v) is 5.40. The Labute approximate surface area is 148 Å². The maximum Gasteiger partial charge on any atom is 1.00 e. The zero-order valence-electron chi connectivity index (χ0n) is 11.4. The largest absolute Gasteiger partial charge is 1.00 e. The third-order valence-electron chi connectivity index (χ3n) is 2.60. The third-order valence-corrected chi connectivity index (χ3v) is 2.60. The van der Waals surface area contributed by atoms with Crippen LogP contribution in [0, 0.1) is 0 Å². The van der Waals surface area contributed by atoms with Crippen molar-refractivity contribution in [3.8, 4) is 0 Å². The third kappa shape index (κ3) is 6.79. The molecule has 0 aromatic heterocycles. The van der Waals surface area contributed by atoms with Crippen LogP contribution in [-0.2, 0) is 4.74 Å². The molecule has 0 aromatic carbocycles. The smallest absolute Gasteiger partial charge is 0.449 e. The van der Waals surface area contributed by atoms with E-state index in [1.165, 1.54) is 4.90 Å². The number of rotatable bonds is 3. The first-order valence-electron chi connectivity index (χ1n) is 5.79. The molecule has 0 aromatic rings. The van der Waals surface area contributed by atoms with E-state index in [9.17, 15) is 17.7 Å². The van der Waals surface area contributed by atoms with E-state index in [0.717, 1.165) is 0 Å². The molecule has 0 spiro atoms. The molecule has 1 aliphatic heterocycles. The summed E-state index contributed by atoms with van der Waals surface area (Å²) in [6.07, 6.45) is -0.679. The maximum atomic E-state index is 12.1. The van der Waals surface area contributed by atoms with E-state index in [0.29, 0.717) is 13.0 Å². The van der Waals surface area contributed by atoms with Gasteiger partial charge in [-0.25, -0.2) is 4.79 Å². The molecule has 1 rings (SSSR count). The number of ether oxygens (including phenoxy) is 1. The summed E-state index contributed by atoms with van der Waals surface area (Å²) in [7, 11) is 0. The van der Waals surface area contributed by atoms with Crippen molar-refractivity contribution >= 4 is 13.1 Å². The number of amides is 1. The number of hydrogen-bond donors (Lipinski definition) is 0. The first-order valence-corrected chi connectivity index (χ1v) is 5.79. The summed E-state index contributed by atoms with van der Waals surface area (Å²) in [6, 6.07) is -0.312. The topological polar surface area (TPSA) is 29.5 Å². The molecule has 0 radical (unpaired) electrons. The van der Waals surface area contributed by atoms with Gasteiger partial charge in [-0.3, -0.25) is 0 Å². The number of carbonyl (C=O) groups excluding carboxylic acids is 1. The Morgan fingerprint density at radius 3 is 2.28 bits per heavy atom. The van der Waals surface area contributed by atoms with E-state index >= 15 is 0 Å². The van der Waals surface area contributed by atoms with Gasteiger partial charge in [0.25, 0.3) is 0 Å². The molecule has 18 heavy (non-hydrogen) atoms. The van der Waals surface area contributed by atoms with Crippen LogP contribution in [0.15, 0.2) is 0 Å². The predicted molar refractivity (Wildman–Crippen MR) is 59.8 cm³/mol. The van der Waals surface area contributed by atoms with Crippen LogP contribution in [0.5, 0.6) is 0 Å². The Bertz CT molecular complexity index is 294. The van der Waals surface area contributed by atoms with E-state index in [4.69, 9.17) is 4.74 Å². The standard InChI is InChI=1S/C10H18BF3NO2.K/c1-10(2,3)17-9(16)15-7-5-8(15)4-6-11(12,13)14;/h8H,4-7H2,1-3H3;/q-1;+1. The summed E-state index contributed by atoms with van der Waals surface area (Å²) in [4.78, 5) is 13.0. The molecule has 0 aliphatic carbocycles. The monoisotopic (exact) mass is 291 g/mol. The minimum atomic E-state index is -4.76. The van der Waals surface area contributed by atoms with Crippen molar-refractivity contribution in [3.05, 3.63) is 0 Å². The van der Waals surface area contributed by atoms with Crippen LogP contribution in [0.3, 0.4) is 0 Å². The molecule has 3 nitrogen and oxygen atoms in total. The fraction of sp³-hybridized carbons (Fsp3) is 0.900. The average molecular weight is 291 g/mol. The maximum absolute atomic E-state index is 12.1. The van der Waals surface area contributed by atoms with E-state index in [-0.39, 0.29) is 63.8 Å². The van der Waals surface area contributed by atoms with E-state index < -0.39 is 25.0 Å². The molecular weight excluding hydrogens is 273 g/mol. The van der Waals surface area contributed by atoms with Gasteiger partial charge in [-0.15, -0.1) is 0 Å². The van der Waals surface area contributed by atoms with Gasteiger partial charge in [0.15, 0.2) is 0 Å². The Balaban J connectivity index is 0.00000289. The van der Waals surface area contributed by atoms with E-state index in [1.807, 2.05) is 0 Å². The van der Waals surface area contributed by atoms with Crippen molar-refractivity contribution in [3.63, 3.8) is 0 Å². The summed E-state index contributed by atoms with van der Waals surface area (Å²) < 4.78 is 41.4. The van der Waals surface area contributed by atoms with Crippen molar-refractivity contribution < 1.29 is 73.9 Å². The zero-order chi connectivity index (χ0) is 13.3. The fourth-order valence-corrected chi connectivity index (χ4v) is 1.68. The van der Waals surface area contributed by atoms with Gasteiger partial charge in [0, 0.05) is 12.6 Å². The fourth-order valence-electron chi connectivity index (χ4n) is 1.68. The van der Waals surface area contributed by atoms with E-state index in [1.54, 1.807) is 20.8 Å². The summed E-state index contributed by atoms with van der Waals surface area (Å²) in [5.74, 6) is 0. The number of likely N-dealkylation sites (tertiary alicyclic amines) is 1. The summed E-state index contributed by atoms with van der Waals surface area (Å²) in [5, 5.41) is 0. The summed E-state index contributed by atoms with van der Waals surface area (Å²) in [6.45, 7) is 0.936. The quantitative estimate of drug-likeness (QED) is 0.697. The molecule has 0 N–H and O–H groups in total. The van der Waals surface area contributed by atoms with Crippen LogP contribution in [0.25, 0.3) is 0 Å². The van der Waals surface area contributed by atoms with Gasteiger partial charge in [-0.1, -0.05) is 12.7 Å². The molecule has 1 saturated heterocycles. The van der Waals surface area contributed by atoms with Gasteiger partial charge in [-0.2, -0.15) is 0 Å². The Morgan fingerprint density at radius 2 is 1.94 bits per heavy atom. The van der Waals surface area contributed by atoms with Crippen molar-refractivity contribution in [2.24, 2.45) is 0 Å². The molecule has 1 amide bonds. The van der Waals surface area contributed by atoms with Crippen LogP contribution < -0.4 is 51.4 Å². The molecular formula is C10H18BF3KNO2. The second-order valence-electron chi connectivity index (χ2n) is 5.40. The number of nitrogens with zero attached hydrogens (tertiary/aromatic N) is 1. The predicted octanol–water partition coefficient (Wildman–Crippen LogP) is 0.237. The van der Waals surface area contributed by atoms with Crippen LogP contribution >= 0.6 is 0 Å². The molecule has 100 valence electrons. The molecule has 1 unspecified atom stereocenters. The van der Waals surface area contributed by atoms with Gasteiger partial charge < -0.3 is 22.6 Å². The minimum Gasteiger partial charge on any atom is -0.449 e. The number of halogens is 3. The first kappa shape index (κ1) is 18.8. The second kappa shape index (κ2) is 6.97. The minimum absolute atomic E-state index is 0. The first-order chi connectivity index (χ1) is 7.58. The molecule has 0 saturated carbocycles. The SMILES string of the molecule is CC(C)(C)OC(=O)N1CCC1CC[B-](F)(F)F.[K+]. The zero-order valence-corrected chi connectivity index (χ0v) is 14.5. The van der Waals surface area contributed by atoms with E-state index in [2.05, 4.69) is 0 Å². The molecule has 1 atom stereocenters. The van der Waals surface area contributed by atoms with Crippen molar-refractivity contribution in [1.29, 1.82) is 0 Å². The Kier molecular flexibility index (Phi) is 7.26. The van der Waals surface area contributed by atoms with Crippen molar-refractivity contribution in [2.75, 3.05) is 6.54 Å². The Morgan fingerprint density at radius 1 is 1.39 bits per heavy atom. The average Bonchev–Trinajstić information content (AvgIpc) is 1.94. The van der Waals surface area contributed by atoms with Gasteiger partial charge in [0.05, 0.1) is 0 Å². The normalized spacial score (nSPS) is 19.9. The van der Waals surface area contributed by atoms with Crippen molar-refractivity contribution in [2.45, 2.75) is 51.6 Å². The molecule has 1 aliphatic rings. The number of carbonyl (C=O) groups is 1. The van der Waals surface area contributed by atoms with Gasteiger partial charge in [0.2, 0.25) is 0 Å². The van der Waals surface area contributed by atoms with Gasteiger partial charge >= 0.3 is 64.5 Å². The van der Waals surface area contributed by atoms with Crippen LogP contribution in [0.4, 0.5) is 17.7 Å². The van der Waals surface area contributed by atoms with Crippen molar-refractivity contribution in [1.82, 2.24) is 4.90 Å². The van der Waals surface area contributed by atoms with Gasteiger partial charge in [0.1, 0.15) is 5.60 Å². The molecule has 1 heterocycles. The van der Waals surface area contributed by atoms with Crippen LogP contribution in [-0.4, -0.2) is 36.2 Å². The molecule has 1 fully saturated rings. The number of hydrogen-bond acceptors (Lipinski definition) is 2.